The average molecular weight is 674 g/mol. The number of unbranched alkanes of at least 4 members (excludes halogenated alkanes) is 5. The summed E-state index contributed by atoms with van der Waals surface area (Å²) in [5.41, 5.74) is 2.30. The zero-order chi connectivity index (χ0) is 35.3. The number of phenols is 1. The van der Waals surface area contributed by atoms with Gasteiger partial charge in [-0.3, -0.25) is 9.59 Å². The Balaban J connectivity index is 2.10. The molecule has 0 saturated carbocycles. The average Bonchev–Trinajstić information content (AvgIpc) is 3.03. The van der Waals surface area contributed by atoms with Gasteiger partial charge in [-0.05, 0) is 81.1 Å². The maximum Gasteiger partial charge on any atom is 0.408 e. The van der Waals surface area contributed by atoms with Crippen molar-refractivity contribution >= 4 is 35.2 Å². The number of carbonyl (C=O) groups is 3. The van der Waals surface area contributed by atoms with Crippen LogP contribution in [0.1, 0.15) is 94.5 Å². The predicted octanol–water partition coefficient (Wildman–Crippen LogP) is 8.34. The van der Waals surface area contributed by atoms with E-state index >= 15 is 0 Å². The number of alkyl carbamates (subject to hydrolysis) is 1. The molecule has 3 aromatic carbocycles. The number of carbonyl (C=O) groups excluding carboxylic acids is 3. The molecule has 2 unspecified atom stereocenters. The number of nitrogens with zero attached hydrogens (tertiary/aromatic N) is 1. The van der Waals surface area contributed by atoms with Gasteiger partial charge in [0.1, 0.15) is 23.4 Å². The van der Waals surface area contributed by atoms with E-state index in [1.807, 2.05) is 13.0 Å². The van der Waals surface area contributed by atoms with Crippen molar-refractivity contribution in [1.29, 1.82) is 0 Å². The van der Waals surface area contributed by atoms with Gasteiger partial charge in [0.2, 0.25) is 5.91 Å². The second-order valence-electron chi connectivity index (χ2n) is 13.0. The number of aromatic hydroxyl groups is 1. The van der Waals surface area contributed by atoms with Gasteiger partial charge in [-0.1, -0.05) is 92.9 Å². The highest BCUT2D eigenvalue weighted by atomic mass is 35.5. The summed E-state index contributed by atoms with van der Waals surface area (Å²) >= 11 is 6.52. The van der Waals surface area contributed by atoms with Crippen molar-refractivity contribution in [3.8, 4) is 18.1 Å². The summed E-state index contributed by atoms with van der Waals surface area (Å²) in [5.74, 6) is 1.76. The van der Waals surface area contributed by atoms with E-state index in [-0.39, 0.29) is 18.7 Å². The van der Waals surface area contributed by atoms with E-state index in [0.717, 1.165) is 37.7 Å². The van der Waals surface area contributed by atoms with Gasteiger partial charge in [-0.25, -0.2) is 4.79 Å². The fraction of sp³-hybridized carbons (Fsp3) is 0.410. The van der Waals surface area contributed by atoms with Gasteiger partial charge in [0, 0.05) is 18.5 Å². The van der Waals surface area contributed by atoms with Crippen LogP contribution in [0.15, 0.2) is 66.7 Å². The van der Waals surface area contributed by atoms with E-state index in [2.05, 4.69) is 23.5 Å². The molecule has 0 heterocycles. The highest BCUT2D eigenvalue weighted by molar-refractivity contribution is 6.34. The summed E-state index contributed by atoms with van der Waals surface area (Å²) in [6.45, 7) is 9.47. The van der Waals surface area contributed by atoms with Crippen LogP contribution in [0.25, 0.3) is 0 Å². The monoisotopic (exact) mass is 673 g/mol. The topological polar surface area (TPSA) is 108 Å². The summed E-state index contributed by atoms with van der Waals surface area (Å²) in [5, 5.41) is 16.0. The molecule has 0 saturated heterocycles. The van der Waals surface area contributed by atoms with E-state index in [9.17, 15) is 19.5 Å². The van der Waals surface area contributed by atoms with Crippen LogP contribution in [0.2, 0.25) is 5.02 Å². The van der Waals surface area contributed by atoms with Crippen molar-refractivity contribution in [2.75, 3.05) is 11.9 Å². The molecule has 256 valence electrons. The third-order valence-corrected chi connectivity index (χ3v) is 8.14. The summed E-state index contributed by atoms with van der Waals surface area (Å²) in [4.78, 5) is 43.8. The van der Waals surface area contributed by atoms with Gasteiger partial charge in [-0.15, -0.1) is 6.42 Å². The molecular weight excluding hydrogens is 626 g/mol. The number of aryl methyl sites for hydroxylation is 1. The van der Waals surface area contributed by atoms with E-state index in [4.69, 9.17) is 22.8 Å². The smallest absolute Gasteiger partial charge is 0.408 e. The number of amides is 3. The van der Waals surface area contributed by atoms with Crippen LogP contribution in [-0.2, 0) is 20.7 Å². The first-order valence-corrected chi connectivity index (χ1v) is 16.9. The standard InChI is InChI=1S/C39H48ClN3O5/c1-7-9-10-11-12-13-25-43(37(46)33(41-38(47)48-39(4,5)6)26-29-19-23-31(44)24-20-29)35(30-21-17-28(8-2)18-22-30)36(45)42-34-27(3)15-14-16-32(34)40/h2,14-24,33,35,44H,7,9-13,25-26H2,1,3-6H3,(H,41,47)(H,42,45). The molecule has 3 amide bonds. The number of hydrogen-bond acceptors (Lipinski definition) is 5. The number of benzene rings is 3. The molecule has 0 aliphatic rings. The highest BCUT2D eigenvalue weighted by Gasteiger charge is 2.36. The van der Waals surface area contributed by atoms with Crippen molar-refractivity contribution in [2.45, 2.75) is 97.2 Å². The number of phenolic OH excluding ortho intramolecular Hbond substituents is 1. The summed E-state index contributed by atoms with van der Waals surface area (Å²) < 4.78 is 5.54. The minimum absolute atomic E-state index is 0.0773. The Hall–Kier alpha value is -4.48. The number of halogens is 1. The van der Waals surface area contributed by atoms with E-state index in [1.165, 1.54) is 17.0 Å². The summed E-state index contributed by atoms with van der Waals surface area (Å²) in [7, 11) is 0. The first kappa shape index (κ1) is 38.0. The van der Waals surface area contributed by atoms with E-state index in [0.29, 0.717) is 33.8 Å². The fourth-order valence-electron chi connectivity index (χ4n) is 5.36. The number of anilines is 1. The Morgan fingerprint density at radius 3 is 2.21 bits per heavy atom. The quantitative estimate of drug-likeness (QED) is 0.111. The molecule has 0 spiro atoms. The third kappa shape index (κ3) is 11.6. The van der Waals surface area contributed by atoms with Crippen LogP contribution in [0.5, 0.6) is 5.75 Å². The van der Waals surface area contributed by atoms with Crippen molar-refractivity contribution in [1.82, 2.24) is 10.2 Å². The molecule has 0 fully saturated rings. The Morgan fingerprint density at radius 1 is 0.958 bits per heavy atom. The van der Waals surface area contributed by atoms with E-state index < -0.39 is 35.6 Å². The molecule has 9 heteroatoms. The number of nitrogens with one attached hydrogen (secondary N) is 2. The minimum atomic E-state index is -1.09. The molecule has 8 nitrogen and oxygen atoms in total. The lowest BCUT2D eigenvalue weighted by atomic mass is 9.98. The zero-order valence-corrected chi connectivity index (χ0v) is 29.4. The largest absolute Gasteiger partial charge is 0.508 e. The number of rotatable bonds is 15. The van der Waals surface area contributed by atoms with Crippen molar-refractivity contribution < 1.29 is 24.2 Å². The minimum Gasteiger partial charge on any atom is -0.508 e. The lowest BCUT2D eigenvalue weighted by Crippen LogP contribution is -2.53. The van der Waals surface area contributed by atoms with Gasteiger partial charge in [0.05, 0.1) is 10.7 Å². The molecule has 0 bridgehead atoms. The van der Waals surface area contributed by atoms with Crippen molar-refractivity contribution in [2.24, 2.45) is 0 Å². The maximum atomic E-state index is 14.8. The predicted molar refractivity (Wildman–Crippen MR) is 192 cm³/mol. The lowest BCUT2D eigenvalue weighted by molar-refractivity contribution is -0.140. The second-order valence-corrected chi connectivity index (χ2v) is 13.4. The van der Waals surface area contributed by atoms with E-state index in [1.54, 1.807) is 69.3 Å². The SMILES string of the molecule is C#Cc1ccc(C(C(=O)Nc2c(C)cccc2Cl)N(CCCCCCCC)C(=O)C(Cc2ccc(O)cc2)NC(=O)OC(C)(C)C)cc1. The van der Waals surface area contributed by atoms with Gasteiger partial charge in [-0.2, -0.15) is 0 Å². The van der Waals surface area contributed by atoms with Gasteiger partial charge < -0.3 is 25.4 Å². The third-order valence-electron chi connectivity index (χ3n) is 7.82. The molecule has 0 aliphatic carbocycles. The van der Waals surface area contributed by atoms with Crippen molar-refractivity contribution in [3.05, 3.63) is 94.0 Å². The Bertz CT molecular complexity index is 1540. The molecule has 3 N–H and O–H groups in total. The molecule has 2 atom stereocenters. The number of para-hydroxylation sites is 1. The number of terminal acetylenes is 1. The molecular formula is C39H48ClN3O5. The Morgan fingerprint density at radius 2 is 1.60 bits per heavy atom. The Kier molecular flexibility index (Phi) is 14.4. The van der Waals surface area contributed by atoms with Crippen LogP contribution in [0, 0.1) is 19.3 Å². The maximum absolute atomic E-state index is 14.8. The lowest BCUT2D eigenvalue weighted by Gasteiger charge is -2.35. The fourth-order valence-corrected chi connectivity index (χ4v) is 5.63. The summed E-state index contributed by atoms with van der Waals surface area (Å²) in [6.07, 6.45) is 10.8. The molecule has 3 rings (SSSR count). The van der Waals surface area contributed by atoms with Gasteiger partial charge >= 0.3 is 6.09 Å². The normalized spacial score (nSPS) is 12.4. The summed E-state index contributed by atoms with van der Waals surface area (Å²) in [6, 6.07) is 16.5. The van der Waals surface area contributed by atoms with Gasteiger partial charge in [0.25, 0.3) is 5.91 Å². The van der Waals surface area contributed by atoms with Crippen LogP contribution in [0.3, 0.4) is 0 Å². The molecule has 0 aromatic heterocycles. The second kappa shape index (κ2) is 18.2. The first-order valence-electron chi connectivity index (χ1n) is 16.5. The highest BCUT2D eigenvalue weighted by Crippen LogP contribution is 2.30. The van der Waals surface area contributed by atoms with Crippen LogP contribution in [-0.4, -0.2) is 46.1 Å². The molecule has 0 radical (unpaired) electrons. The van der Waals surface area contributed by atoms with Gasteiger partial charge in [0.15, 0.2) is 0 Å². The van der Waals surface area contributed by atoms with Crippen molar-refractivity contribution in [3.63, 3.8) is 0 Å². The molecule has 0 aliphatic heterocycles. The Labute approximate surface area is 290 Å². The molecule has 48 heavy (non-hydrogen) atoms. The first-order chi connectivity index (χ1) is 22.8. The number of ether oxygens (including phenoxy) is 1. The zero-order valence-electron chi connectivity index (χ0n) is 28.6. The van der Waals surface area contributed by atoms with Crippen LogP contribution >= 0.6 is 11.6 Å². The number of hydrogen-bond donors (Lipinski definition) is 3. The van der Waals surface area contributed by atoms with Crippen LogP contribution < -0.4 is 10.6 Å². The van der Waals surface area contributed by atoms with Crippen LogP contribution in [0.4, 0.5) is 10.5 Å². The molecule has 3 aromatic rings.